The van der Waals surface area contributed by atoms with Crippen LogP contribution in [-0.4, -0.2) is 35.5 Å². The van der Waals surface area contributed by atoms with Gasteiger partial charge >= 0.3 is 5.97 Å². The Morgan fingerprint density at radius 3 is 2.48 bits per heavy atom. The molecule has 1 amide bonds. The molecule has 2 rings (SSSR count). The fraction of sp³-hybridized carbons (Fsp3) is 0.250. The van der Waals surface area contributed by atoms with Crippen LogP contribution in [0.2, 0.25) is 0 Å². The topological polar surface area (TPSA) is 57.6 Å². The summed E-state index contributed by atoms with van der Waals surface area (Å²) in [6, 6.07) is 9.55. The predicted octanol–water partition coefficient (Wildman–Crippen LogP) is 2.92. The van der Waals surface area contributed by atoms with Gasteiger partial charge in [0.2, 0.25) is 0 Å². The summed E-state index contributed by atoms with van der Waals surface area (Å²) < 4.78 is 13.7. The average molecular weight is 289 g/mol. The van der Waals surface area contributed by atoms with Crippen LogP contribution in [0.1, 0.15) is 23.2 Å². The van der Waals surface area contributed by atoms with Crippen molar-refractivity contribution in [2.45, 2.75) is 12.8 Å². The second kappa shape index (κ2) is 6.35. The van der Waals surface area contributed by atoms with Gasteiger partial charge in [0.25, 0.3) is 5.91 Å². The van der Waals surface area contributed by atoms with E-state index >= 15 is 0 Å². The minimum absolute atomic E-state index is 0.0157. The lowest BCUT2D eigenvalue weighted by Crippen LogP contribution is -2.28. The average Bonchev–Trinajstić information content (AvgIpc) is 2.47. The minimum atomic E-state index is -0.886. The highest BCUT2D eigenvalue weighted by Gasteiger charge is 2.16. The summed E-state index contributed by atoms with van der Waals surface area (Å²) in [5.74, 6) is -1.49. The summed E-state index contributed by atoms with van der Waals surface area (Å²) in [6.45, 7) is 0.344. The van der Waals surface area contributed by atoms with E-state index in [9.17, 15) is 14.0 Å². The molecule has 0 aliphatic rings. The van der Waals surface area contributed by atoms with E-state index in [-0.39, 0.29) is 18.1 Å². The van der Waals surface area contributed by atoms with Crippen LogP contribution in [0.25, 0.3) is 10.8 Å². The second-order valence-electron chi connectivity index (χ2n) is 4.86. The Bertz CT molecular complexity index is 684. The van der Waals surface area contributed by atoms with Crippen LogP contribution in [0.15, 0.2) is 36.4 Å². The molecule has 0 atom stereocenters. The number of aliphatic carboxylic acids is 1. The molecule has 0 saturated heterocycles. The van der Waals surface area contributed by atoms with Gasteiger partial charge < -0.3 is 10.0 Å². The zero-order chi connectivity index (χ0) is 15.4. The normalized spacial score (nSPS) is 10.6. The molecule has 1 N–H and O–H groups in total. The summed E-state index contributed by atoms with van der Waals surface area (Å²) in [7, 11) is 1.61. The number of nitrogens with zero attached hydrogens (tertiary/aromatic N) is 1. The van der Waals surface area contributed by atoms with E-state index < -0.39 is 5.97 Å². The fourth-order valence-corrected chi connectivity index (χ4v) is 2.22. The Kier molecular flexibility index (Phi) is 4.52. The Hall–Kier alpha value is -2.43. The minimum Gasteiger partial charge on any atom is -0.481 e. The maximum absolute atomic E-state index is 13.7. The highest BCUT2D eigenvalue weighted by atomic mass is 19.1. The van der Waals surface area contributed by atoms with Crippen LogP contribution >= 0.6 is 0 Å². The molecule has 110 valence electrons. The molecule has 2 aromatic carbocycles. The van der Waals surface area contributed by atoms with Gasteiger partial charge in [0.1, 0.15) is 5.82 Å². The van der Waals surface area contributed by atoms with Crippen molar-refractivity contribution >= 4 is 22.6 Å². The van der Waals surface area contributed by atoms with Crippen LogP contribution in [-0.2, 0) is 4.79 Å². The predicted molar refractivity (Wildman–Crippen MR) is 77.7 cm³/mol. The summed E-state index contributed by atoms with van der Waals surface area (Å²) in [4.78, 5) is 24.4. The molecule has 2 aromatic rings. The molecule has 0 aliphatic carbocycles. The molecule has 0 radical (unpaired) electrons. The van der Waals surface area contributed by atoms with Gasteiger partial charge in [0, 0.05) is 31.0 Å². The van der Waals surface area contributed by atoms with Crippen molar-refractivity contribution in [2.24, 2.45) is 0 Å². The smallest absolute Gasteiger partial charge is 0.303 e. The summed E-state index contributed by atoms with van der Waals surface area (Å²) in [5.41, 5.74) is 0.421. The van der Waals surface area contributed by atoms with Crippen LogP contribution in [0, 0.1) is 5.82 Å². The number of benzene rings is 2. The Morgan fingerprint density at radius 2 is 1.81 bits per heavy atom. The first kappa shape index (κ1) is 15.0. The maximum atomic E-state index is 13.7. The van der Waals surface area contributed by atoms with Crippen LogP contribution < -0.4 is 0 Å². The molecule has 0 spiro atoms. The van der Waals surface area contributed by atoms with Gasteiger partial charge in [-0.1, -0.05) is 24.3 Å². The Morgan fingerprint density at radius 1 is 1.14 bits per heavy atom. The molecule has 0 heterocycles. The number of carboxylic acids is 1. The third-order valence-electron chi connectivity index (χ3n) is 3.33. The van der Waals surface area contributed by atoms with Crippen molar-refractivity contribution < 1.29 is 19.1 Å². The highest BCUT2D eigenvalue weighted by molar-refractivity contribution is 6.07. The number of rotatable bonds is 5. The number of carbonyl (C=O) groups excluding carboxylic acids is 1. The van der Waals surface area contributed by atoms with Crippen LogP contribution in [0.3, 0.4) is 0 Å². The first-order valence-electron chi connectivity index (χ1n) is 6.65. The molecular formula is C16H16FNO3. The summed E-state index contributed by atoms with van der Waals surface area (Å²) >= 11 is 0. The van der Waals surface area contributed by atoms with E-state index in [0.29, 0.717) is 29.3 Å². The number of fused-ring (bicyclic) bond motifs is 1. The van der Waals surface area contributed by atoms with E-state index in [0.717, 1.165) is 0 Å². The van der Waals surface area contributed by atoms with Gasteiger partial charge in [0.05, 0.1) is 0 Å². The monoisotopic (exact) mass is 289 g/mol. The van der Waals surface area contributed by atoms with Crippen molar-refractivity contribution in [3.8, 4) is 0 Å². The van der Waals surface area contributed by atoms with Gasteiger partial charge in [-0.3, -0.25) is 9.59 Å². The highest BCUT2D eigenvalue weighted by Crippen LogP contribution is 2.22. The summed E-state index contributed by atoms with van der Waals surface area (Å²) in [5, 5.41) is 9.58. The largest absolute Gasteiger partial charge is 0.481 e. The maximum Gasteiger partial charge on any atom is 0.303 e. The molecule has 0 fully saturated rings. The second-order valence-corrected chi connectivity index (χ2v) is 4.86. The third kappa shape index (κ3) is 3.37. The van der Waals surface area contributed by atoms with E-state index in [1.54, 1.807) is 31.3 Å². The Balaban J connectivity index is 2.23. The SMILES string of the molecule is CN(CCCC(=O)O)C(=O)c1ccc(F)c2ccccc12. The van der Waals surface area contributed by atoms with E-state index in [4.69, 9.17) is 5.11 Å². The molecule has 5 heteroatoms. The van der Waals surface area contributed by atoms with Crippen molar-refractivity contribution in [2.75, 3.05) is 13.6 Å². The first-order valence-corrected chi connectivity index (χ1v) is 6.65. The van der Waals surface area contributed by atoms with Gasteiger partial charge in [-0.2, -0.15) is 0 Å². The zero-order valence-corrected chi connectivity index (χ0v) is 11.7. The van der Waals surface area contributed by atoms with Gasteiger partial charge in [-0.25, -0.2) is 4.39 Å². The number of hydrogen-bond donors (Lipinski definition) is 1. The van der Waals surface area contributed by atoms with Crippen LogP contribution in [0.5, 0.6) is 0 Å². The van der Waals surface area contributed by atoms with Crippen molar-refractivity contribution in [3.05, 3.63) is 47.8 Å². The van der Waals surface area contributed by atoms with Crippen molar-refractivity contribution in [1.29, 1.82) is 0 Å². The fourth-order valence-electron chi connectivity index (χ4n) is 2.22. The van der Waals surface area contributed by atoms with Crippen LogP contribution in [0.4, 0.5) is 4.39 Å². The third-order valence-corrected chi connectivity index (χ3v) is 3.33. The van der Waals surface area contributed by atoms with Crippen molar-refractivity contribution in [1.82, 2.24) is 4.90 Å². The van der Waals surface area contributed by atoms with E-state index in [1.807, 2.05) is 0 Å². The lowest BCUT2D eigenvalue weighted by Gasteiger charge is -2.18. The molecule has 0 bridgehead atoms. The van der Waals surface area contributed by atoms with Crippen molar-refractivity contribution in [3.63, 3.8) is 0 Å². The number of carbonyl (C=O) groups is 2. The molecule has 0 aromatic heterocycles. The summed E-state index contributed by atoms with van der Waals surface area (Å²) in [6.07, 6.45) is 0.401. The number of amides is 1. The Labute approximate surface area is 121 Å². The number of hydrogen-bond acceptors (Lipinski definition) is 2. The number of halogens is 1. The zero-order valence-electron chi connectivity index (χ0n) is 11.7. The van der Waals surface area contributed by atoms with Gasteiger partial charge in [-0.15, -0.1) is 0 Å². The molecular weight excluding hydrogens is 273 g/mol. The quantitative estimate of drug-likeness (QED) is 0.920. The van der Waals surface area contributed by atoms with Gasteiger partial charge in [-0.05, 0) is 23.9 Å². The molecule has 0 aliphatic heterocycles. The van der Waals surface area contributed by atoms with E-state index in [1.165, 1.54) is 17.0 Å². The molecule has 0 unspecified atom stereocenters. The van der Waals surface area contributed by atoms with Gasteiger partial charge in [0.15, 0.2) is 0 Å². The molecule has 4 nitrogen and oxygen atoms in total. The lowest BCUT2D eigenvalue weighted by molar-refractivity contribution is -0.137. The first-order chi connectivity index (χ1) is 10.0. The number of carboxylic acid groups (broad SMARTS) is 1. The molecule has 0 saturated carbocycles. The standard InChI is InChI=1S/C16H16FNO3/c1-18(10-4-7-15(19)20)16(21)13-8-9-14(17)12-6-3-2-5-11(12)13/h2-3,5-6,8-9H,4,7,10H2,1H3,(H,19,20). The van der Waals surface area contributed by atoms with E-state index in [2.05, 4.69) is 0 Å². The lowest BCUT2D eigenvalue weighted by atomic mass is 10.0. The molecule has 21 heavy (non-hydrogen) atoms.